The van der Waals surface area contributed by atoms with Gasteiger partial charge in [0.15, 0.2) is 0 Å². The molecule has 3 rings (SSSR count). The first kappa shape index (κ1) is 14.7. The number of pyridine rings is 1. The van der Waals surface area contributed by atoms with E-state index < -0.39 is 0 Å². The Bertz CT molecular complexity index is 625. The summed E-state index contributed by atoms with van der Waals surface area (Å²) in [6.45, 7) is 6.97. The average molecular weight is 299 g/mol. The molecule has 0 bridgehead atoms. The highest BCUT2D eigenvalue weighted by molar-refractivity contribution is 5.41. The number of aryl methyl sites for hydroxylation is 1. The van der Waals surface area contributed by atoms with Crippen molar-refractivity contribution in [1.29, 1.82) is 0 Å². The van der Waals surface area contributed by atoms with Crippen LogP contribution >= 0.6 is 0 Å². The van der Waals surface area contributed by atoms with Crippen molar-refractivity contribution in [2.45, 2.75) is 13.5 Å². The molecule has 0 amide bonds. The summed E-state index contributed by atoms with van der Waals surface area (Å²) in [6, 6.07) is 6.05. The molecular formula is C16H21N5O. The zero-order chi connectivity index (χ0) is 15.4. The zero-order valence-electron chi connectivity index (χ0n) is 13.1. The second kappa shape index (κ2) is 6.70. The maximum Gasteiger partial charge on any atom is 0.218 e. The Morgan fingerprint density at radius 3 is 2.68 bits per heavy atom. The molecule has 0 unspecified atom stereocenters. The van der Waals surface area contributed by atoms with Crippen LogP contribution < -0.4 is 9.64 Å². The molecule has 22 heavy (non-hydrogen) atoms. The number of ether oxygens (including phenoxy) is 1. The number of aromatic nitrogens is 3. The lowest BCUT2D eigenvalue weighted by Crippen LogP contribution is -2.46. The number of nitrogens with zero attached hydrogens (tertiary/aromatic N) is 5. The number of methoxy groups -OCH3 is 1. The SMILES string of the molecule is COc1cc(N2CCN(Cc3cccnc3C)CC2)ncn1. The van der Waals surface area contributed by atoms with E-state index in [1.165, 1.54) is 5.56 Å². The summed E-state index contributed by atoms with van der Waals surface area (Å²) < 4.78 is 5.16. The van der Waals surface area contributed by atoms with E-state index in [1.807, 2.05) is 18.3 Å². The van der Waals surface area contributed by atoms with Crippen LogP contribution in [0.25, 0.3) is 0 Å². The van der Waals surface area contributed by atoms with Crippen LogP contribution in [0.15, 0.2) is 30.7 Å². The van der Waals surface area contributed by atoms with Crippen molar-refractivity contribution in [2.24, 2.45) is 0 Å². The van der Waals surface area contributed by atoms with E-state index in [-0.39, 0.29) is 0 Å². The number of hydrogen-bond donors (Lipinski definition) is 0. The Morgan fingerprint density at radius 1 is 1.14 bits per heavy atom. The van der Waals surface area contributed by atoms with E-state index in [0.717, 1.165) is 44.2 Å². The molecule has 0 atom stereocenters. The van der Waals surface area contributed by atoms with Crippen LogP contribution in [0.4, 0.5) is 5.82 Å². The van der Waals surface area contributed by atoms with E-state index in [4.69, 9.17) is 4.74 Å². The first-order valence-electron chi connectivity index (χ1n) is 7.50. The molecule has 0 saturated carbocycles. The van der Waals surface area contributed by atoms with Crippen LogP contribution in [0.5, 0.6) is 5.88 Å². The highest BCUT2D eigenvalue weighted by Crippen LogP contribution is 2.18. The van der Waals surface area contributed by atoms with Crippen molar-refractivity contribution in [3.8, 4) is 5.88 Å². The topological polar surface area (TPSA) is 54.4 Å². The van der Waals surface area contributed by atoms with Crippen molar-refractivity contribution >= 4 is 5.82 Å². The summed E-state index contributed by atoms with van der Waals surface area (Å²) in [5, 5.41) is 0. The third-order valence-electron chi connectivity index (χ3n) is 4.04. The molecule has 6 nitrogen and oxygen atoms in total. The fraction of sp³-hybridized carbons (Fsp3) is 0.438. The van der Waals surface area contributed by atoms with Crippen molar-refractivity contribution < 1.29 is 4.74 Å². The summed E-state index contributed by atoms with van der Waals surface area (Å²) in [5.41, 5.74) is 2.42. The van der Waals surface area contributed by atoms with Crippen LogP contribution in [-0.2, 0) is 6.54 Å². The fourth-order valence-electron chi connectivity index (χ4n) is 2.68. The molecular weight excluding hydrogens is 278 g/mol. The van der Waals surface area contributed by atoms with Gasteiger partial charge in [-0.15, -0.1) is 0 Å². The third kappa shape index (κ3) is 3.33. The molecule has 116 valence electrons. The van der Waals surface area contributed by atoms with Crippen molar-refractivity contribution in [3.63, 3.8) is 0 Å². The van der Waals surface area contributed by atoms with E-state index in [9.17, 15) is 0 Å². The van der Waals surface area contributed by atoms with Gasteiger partial charge in [0.1, 0.15) is 12.1 Å². The van der Waals surface area contributed by atoms with Gasteiger partial charge in [-0.25, -0.2) is 9.97 Å². The predicted molar refractivity (Wildman–Crippen MR) is 85.0 cm³/mol. The Morgan fingerprint density at radius 2 is 1.95 bits per heavy atom. The summed E-state index contributed by atoms with van der Waals surface area (Å²) in [5.74, 6) is 1.54. The second-order valence-electron chi connectivity index (χ2n) is 5.43. The summed E-state index contributed by atoms with van der Waals surface area (Å²) in [6.07, 6.45) is 3.40. The zero-order valence-corrected chi connectivity index (χ0v) is 13.1. The van der Waals surface area contributed by atoms with Gasteiger partial charge < -0.3 is 9.64 Å². The van der Waals surface area contributed by atoms with Gasteiger partial charge in [0, 0.05) is 50.7 Å². The molecule has 1 saturated heterocycles. The quantitative estimate of drug-likeness (QED) is 0.853. The van der Waals surface area contributed by atoms with Gasteiger partial charge in [0.25, 0.3) is 0 Å². The lowest BCUT2D eigenvalue weighted by molar-refractivity contribution is 0.248. The standard InChI is InChI=1S/C16H21N5O/c1-13-14(4-3-5-17-13)11-20-6-8-21(9-7-20)15-10-16(22-2)19-12-18-15/h3-5,10,12H,6-9,11H2,1-2H3. The Kier molecular flexibility index (Phi) is 4.48. The van der Waals surface area contributed by atoms with Gasteiger partial charge in [-0.05, 0) is 18.6 Å². The lowest BCUT2D eigenvalue weighted by atomic mass is 10.2. The predicted octanol–water partition coefficient (Wildman–Crippen LogP) is 1.51. The molecule has 0 N–H and O–H groups in total. The third-order valence-corrected chi connectivity index (χ3v) is 4.04. The molecule has 2 aromatic heterocycles. The van der Waals surface area contributed by atoms with Crippen LogP contribution in [-0.4, -0.2) is 53.1 Å². The Balaban J connectivity index is 1.59. The maximum atomic E-state index is 5.16. The van der Waals surface area contributed by atoms with Crippen LogP contribution in [0.1, 0.15) is 11.3 Å². The number of hydrogen-bond acceptors (Lipinski definition) is 6. The first-order valence-corrected chi connectivity index (χ1v) is 7.50. The Hall–Kier alpha value is -2.21. The van der Waals surface area contributed by atoms with Crippen molar-refractivity contribution in [3.05, 3.63) is 42.0 Å². The van der Waals surface area contributed by atoms with E-state index in [1.54, 1.807) is 13.4 Å². The summed E-state index contributed by atoms with van der Waals surface area (Å²) >= 11 is 0. The van der Waals surface area contributed by atoms with Gasteiger partial charge in [0.05, 0.1) is 7.11 Å². The minimum absolute atomic E-state index is 0.610. The van der Waals surface area contributed by atoms with E-state index >= 15 is 0 Å². The van der Waals surface area contributed by atoms with Gasteiger partial charge in [-0.2, -0.15) is 0 Å². The van der Waals surface area contributed by atoms with Crippen LogP contribution in [0.2, 0.25) is 0 Å². The van der Waals surface area contributed by atoms with E-state index in [2.05, 4.69) is 37.7 Å². The van der Waals surface area contributed by atoms with Gasteiger partial charge in [-0.3, -0.25) is 9.88 Å². The van der Waals surface area contributed by atoms with Crippen LogP contribution in [0.3, 0.4) is 0 Å². The van der Waals surface area contributed by atoms with Gasteiger partial charge in [-0.1, -0.05) is 6.07 Å². The molecule has 1 aliphatic heterocycles. The van der Waals surface area contributed by atoms with E-state index in [0.29, 0.717) is 5.88 Å². The molecule has 0 radical (unpaired) electrons. The molecule has 0 aliphatic carbocycles. The molecule has 1 aliphatic rings. The summed E-state index contributed by atoms with van der Waals surface area (Å²) in [7, 11) is 1.63. The van der Waals surface area contributed by atoms with Crippen LogP contribution in [0, 0.1) is 6.92 Å². The molecule has 0 aromatic carbocycles. The Labute approximate surface area is 130 Å². The van der Waals surface area contributed by atoms with Crippen molar-refractivity contribution in [2.75, 3.05) is 38.2 Å². The minimum Gasteiger partial charge on any atom is -0.481 e. The molecule has 0 spiro atoms. The molecule has 1 fully saturated rings. The normalized spacial score (nSPS) is 15.8. The average Bonchev–Trinajstić information content (AvgIpc) is 2.58. The van der Waals surface area contributed by atoms with Crippen molar-refractivity contribution in [1.82, 2.24) is 19.9 Å². The van der Waals surface area contributed by atoms with Gasteiger partial charge in [0.2, 0.25) is 5.88 Å². The number of piperazine rings is 1. The number of anilines is 1. The second-order valence-corrected chi connectivity index (χ2v) is 5.43. The van der Waals surface area contributed by atoms with Gasteiger partial charge >= 0.3 is 0 Å². The highest BCUT2D eigenvalue weighted by Gasteiger charge is 2.19. The molecule has 6 heteroatoms. The fourth-order valence-corrected chi connectivity index (χ4v) is 2.68. The summed E-state index contributed by atoms with van der Waals surface area (Å²) in [4.78, 5) is 17.5. The minimum atomic E-state index is 0.610. The highest BCUT2D eigenvalue weighted by atomic mass is 16.5. The smallest absolute Gasteiger partial charge is 0.218 e. The molecule has 3 heterocycles. The molecule has 2 aromatic rings. The number of rotatable bonds is 4. The first-order chi connectivity index (χ1) is 10.8. The largest absolute Gasteiger partial charge is 0.481 e. The monoisotopic (exact) mass is 299 g/mol. The maximum absolute atomic E-state index is 5.16. The lowest BCUT2D eigenvalue weighted by Gasteiger charge is -2.35.